The number of carbonyl (C=O) groups is 1. The zero-order valence-corrected chi connectivity index (χ0v) is 11.3. The molecule has 0 fully saturated rings. The van der Waals surface area contributed by atoms with Crippen LogP contribution in [0.3, 0.4) is 0 Å². The molecule has 0 spiro atoms. The molecule has 102 valence electrons. The lowest BCUT2D eigenvalue weighted by Crippen LogP contribution is -2.27. The summed E-state index contributed by atoms with van der Waals surface area (Å²) in [6.07, 6.45) is 0. The number of esters is 1. The molecule has 0 radical (unpaired) electrons. The first kappa shape index (κ1) is 13.4. The van der Waals surface area contributed by atoms with Gasteiger partial charge in [0.05, 0.1) is 30.2 Å². The number of anilines is 1. The van der Waals surface area contributed by atoms with E-state index in [4.69, 9.17) is 20.5 Å². The Labute approximate surface area is 111 Å². The minimum Gasteiger partial charge on any atom is -0.455 e. The van der Waals surface area contributed by atoms with E-state index in [9.17, 15) is 4.79 Å². The SMILES string of the molecule is CC(C)(C)OC(=O)c1c(N)c(C#N)c2n1CCOC2. The predicted octanol–water partition coefficient (Wildman–Crippen LogP) is 1.43. The highest BCUT2D eigenvalue weighted by atomic mass is 16.6. The summed E-state index contributed by atoms with van der Waals surface area (Å²) in [6, 6.07) is 2.03. The average molecular weight is 263 g/mol. The Bertz CT molecular complexity index is 561. The number of rotatable bonds is 1. The molecule has 6 heteroatoms. The Morgan fingerprint density at radius 3 is 2.79 bits per heavy atom. The molecule has 0 bridgehead atoms. The van der Waals surface area contributed by atoms with Crippen molar-refractivity contribution in [3.05, 3.63) is 17.0 Å². The van der Waals surface area contributed by atoms with Crippen molar-refractivity contribution in [2.24, 2.45) is 0 Å². The summed E-state index contributed by atoms with van der Waals surface area (Å²) in [5.74, 6) is -0.505. The number of carbonyl (C=O) groups excluding carboxylic acids is 1. The summed E-state index contributed by atoms with van der Waals surface area (Å²) < 4.78 is 12.4. The van der Waals surface area contributed by atoms with Gasteiger partial charge in [0.1, 0.15) is 11.7 Å². The Morgan fingerprint density at radius 2 is 2.21 bits per heavy atom. The summed E-state index contributed by atoms with van der Waals surface area (Å²) in [7, 11) is 0. The van der Waals surface area contributed by atoms with Crippen LogP contribution in [0.5, 0.6) is 0 Å². The lowest BCUT2D eigenvalue weighted by atomic mass is 10.2. The lowest BCUT2D eigenvalue weighted by Gasteiger charge is -2.22. The quantitative estimate of drug-likeness (QED) is 0.774. The van der Waals surface area contributed by atoms with Gasteiger partial charge >= 0.3 is 5.97 Å². The van der Waals surface area contributed by atoms with Gasteiger partial charge in [-0.2, -0.15) is 5.26 Å². The zero-order valence-electron chi connectivity index (χ0n) is 11.3. The van der Waals surface area contributed by atoms with Crippen molar-refractivity contribution in [3.63, 3.8) is 0 Å². The fourth-order valence-corrected chi connectivity index (χ4v) is 2.08. The summed E-state index contributed by atoms with van der Waals surface area (Å²) in [5, 5.41) is 9.15. The van der Waals surface area contributed by atoms with E-state index in [1.165, 1.54) is 0 Å². The van der Waals surface area contributed by atoms with Crippen molar-refractivity contribution in [2.45, 2.75) is 39.5 Å². The first-order valence-corrected chi connectivity index (χ1v) is 6.07. The number of ether oxygens (including phenoxy) is 2. The van der Waals surface area contributed by atoms with Gasteiger partial charge < -0.3 is 19.8 Å². The Morgan fingerprint density at radius 1 is 1.53 bits per heavy atom. The van der Waals surface area contributed by atoms with Crippen LogP contribution in [0.1, 0.15) is 42.5 Å². The number of fused-ring (bicyclic) bond motifs is 1. The average Bonchev–Trinajstić information content (AvgIpc) is 2.58. The molecule has 0 amide bonds. The molecule has 0 atom stereocenters. The molecule has 0 aliphatic carbocycles. The van der Waals surface area contributed by atoms with Gasteiger partial charge in [-0.15, -0.1) is 0 Å². The number of nitrogens with two attached hydrogens (primary N) is 1. The molecule has 1 aromatic heterocycles. The first-order chi connectivity index (χ1) is 8.85. The summed E-state index contributed by atoms with van der Waals surface area (Å²) >= 11 is 0. The van der Waals surface area contributed by atoms with E-state index in [1.807, 2.05) is 6.07 Å². The first-order valence-electron chi connectivity index (χ1n) is 6.07. The highest BCUT2D eigenvalue weighted by Crippen LogP contribution is 2.29. The van der Waals surface area contributed by atoms with Crippen LogP contribution in [0, 0.1) is 11.3 Å². The van der Waals surface area contributed by atoms with Crippen LogP contribution in [0.15, 0.2) is 0 Å². The molecule has 1 aliphatic rings. The number of hydrogen-bond acceptors (Lipinski definition) is 5. The van der Waals surface area contributed by atoms with Crippen LogP contribution in [0.4, 0.5) is 5.69 Å². The summed E-state index contributed by atoms with van der Waals surface area (Å²) in [5.41, 5.74) is 6.69. The van der Waals surface area contributed by atoms with Crippen LogP contribution >= 0.6 is 0 Å². The van der Waals surface area contributed by atoms with E-state index in [2.05, 4.69) is 0 Å². The van der Waals surface area contributed by atoms with Crippen molar-refractivity contribution in [3.8, 4) is 6.07 Å². The molecule has 0 unspecified atom stereocenters. The molecule has 0 aromatic carbocycles. The van der Waals surface area contributed by atoms with Crippen molar-refractivity contribution in [2.75, 3.05) is 12.3 Å². The maximum atomic E-state index is 12.2. The molecule has 0 saturated carbocycles. The highest BCUT2D eigenvalue weighted by Gasteiger charge is 2.30. The summed E-state index contributed by atoms with van der Waals surface area (Å²) in [4.78, 5) is 12.2. The van der Waals surface area contributed by atoms with Crippen molar-refractivity contribution in [1.29, 1.82) is 5.26 Å². The monoisotopic (exact) mass is 263 g/mol. The molecule has 1 aromatic rings. The van der Waals surface area contributed by atoms with E-state index in [0.717, 1.165) is 0 Å². The van der Waals surface area contributed by atoms with Gasteiger partial charge in [0.2, 0.25) is 0 Å². The third-order valence-electron chi connectivity index (χ3n) is 2.81. The van der Waals surface area contributed by atoms with Gasteiger partial charge in [0.15, 0.2) is 5.69 Å². The predicted molar refractivity (Wildman–Crippen MR) is 68.4 cm³/mol. The van der Waals surface area contributed by atoms with Gasteiger partial charge in [-0.05, 0) is 20.8 Å². The van der Waals surface area contributed by atoms with Crippen molar-refractivity contribution < 1.29 is 14.3 Å². The van der Waals surface area contributed by atoms with E-state index < -0.39 is 11.6 Å². The zero-order chi connectivity index (χ0) is 14.2. The van der Waals surface area contributed by atoms with E-state index >= 15 is 0 Å². The van der Waals surface area contributed by atoms with Gasteiger partial charge in [-0.1, -0.05) is 0 Å². The van der Waals surface area contributed by atoms with Gasteiger partial charge in [0, 0.05) is 6.54 Å². The van der Waals surface area contributed by atoms with Gasteiger partial charge in [-0.3, -0.25) is 0 Å². The maximum absolute atomic E-state index is 12.2. The standard InChI is InChI=1S/C13H17N3O3/c1-13(2,3)19-12(17)11-10(15)8(6-14)9-7-18-5-4-16(9)11/h4-5,7,15H2,1-3H3. The largest absolute Gasteiger partial charge is 0.455 e. The lowest BCUT2D eigenvalue weighted by molar-refractivity contribution is 0.00504. The molecule has 2 rings (SSSR count). The molecular weight excluding hydrogens is 246 g/mol. The topological polar surface area (TPSA) is 90.3 Å². The van der Waals surface area contributed by atoms with Crippen LogP contribution in [0.25, 0.3) is 0 Å². The second-order valence-electron chi connectivity index (χ2n) is 5.40. The van der Waals surface area contributed by atoms with E-state index in [1.54, 1.807) is 25.3 Å². The Balaban J connectivity index is 2.49. The molecule has 2 heterocycles. The molecule has 6 nitrogen and oxygen atoms in total. The van der Waals surface area contributed by atoms with E-state index in [-0.39, 0.29) is 18.0 Å². The van der Waals surface area contributed by atoms with Crippen molar-refractivity contribution in [1.82, 2.24) is 4.57 Å². The van der Waals surface area contributed by atoms with Crippen LogP contribution < -0.4 is 5.73 Å². The van der Waals surface area contributed by atoms with Crippen LogP contribution in [0.2, 0.25) is 0 Å². The second kappa shape index (κ2) is 4.59. The number of aromatic nitrogens is 1. The number of nitrogen functional groups attached to an aromatic ring is 1. The van der Waals surface area contributed by atoms with Gasteiger partial charge in [0.25, 0.3) is 0 Å². The molecular formula is C13H17N3O3. The minimum atomic E-state index is -0.605. The van der Waals surface area contributed by atoms with Crippen LogP contribution in [-0.4, -0.2) is 22.7 Å². The van der Waals surface area contributed by atoms with Gasteiger partial charge in [-0.25, -0.2) is 4.79 Å². The highest BCUT2D eigenvalue weighted by molar-refractivity contribution is 5.96. The molecule has 1 aliphatic heterocycles. The Kier molecular flexibility index (Phi) is 3.25. The van der Waals surface area contributed by atoms with Crippen molar-refractivity contribution >= 4 is 11.7 Å². The third kappa shape index (κ3) is 2.42. The molecule has 2 N–H and O–H groups in total. The number of nitriles is 1. The second-order valence-corrected chi connectivity index (χ2v) is 5.40. The Hall–Kier alpha value is -2.00. The smallest absolute Gasteiger partial charge is 0.357 e. The summed E-state index contributed by atoms with van der Waals surface area (Å²) in [6.45, 7) is 6.63. The number of nitrogens with zero attached hydrogens (tertiary/aromatic N) is 2. The van der Waals surface area contributed by atoms with E-state index in [0.29, 0.717) is 24.4 Å². The third-order valence-corrected chi connectivity index (χ3v) is 2.81. The fraction of sp³-hybridized carbons (Fsp3) is 0.538. The normalized spacial score (nSPS) is 14.6. The number of hydrogen-bond donors (Lipinski definition) is 1. The fourth-order valence-electron chi connectivity index (χ4n) is 2.08. The maximum Gasteiger partial charge on any atom is 0.357 e. The minimum absolute atomic E-state index is 0.178. The molecule has 19 heavy (non-hydrogen) atoms. The molecule has 0 saturated heterocycles. The van der Waals surface area contributed by atoms with Crippen LogP contribution in [-0.2, 0) is 22.6 Å².